The van der Waals surface area contributed by atoms with E-state index in [1.165, 1.54) is 18.2 Å². The van der Waals surface area contributed by atoms with E-state index in [9.17, 15) is 18.0 Å². The van der Waals surface area contributed by atoms with Crippen LogP contribution in [-0.2, 0) is 6.18 Å². The van der Waals surface area contributed by atoms with E-state index in [0.29, 0.717) is 11.1 Å². The number of para-hydroxylation sites is 1. The van der Waals surface area contributed by atoms with Crippen LogP contribution in [-0.4, -0.2) is 5.91 Å². The molecule has 0 spiro atoms. The normalized spacial score (nSPS) is 11.3. The van der Waals surface area contributed by atoms with Crippen molar-refractivity contribution in [2.75, 3.05) is 5.32 Å². The number of hydrogen-bond donors (Lipinski definition) is 1. The van der Waals surface area contributed by atoms with E-state index < -0.39 is 17.6 Å². The average Bonchev–Trinajstić information content (AvgIpc) is 2.41. The van der Waals surface area contributed by atoms with Crippen LogP contribution in [0.2, 0.25) is 0 Å². The molecule has 2 nitrogen and oxygen atoms in total. The van der Waals surface area contributed by atoms with Crippen molar-refractivity contribution in [3.63, 3.8) is 0 Å². The van der Waals surface area contributed by atoms with Gasteiger partial charge in [0.1, 0.15) is 0 Å². The number of carbonyl (C=O) groups excluding carboxylic acids is 1. The van der Waals surface area contributed by atoms with E-state index in [4.69, 9.17) is 0 Å². The molecule has 0 fully saturated rings. The van der Waals surface area contributed by atoms with Crippen LogP contribution in [0.15, 0.2) is 46.9 Å². The van der Waals surface area contributed by atoms with Gasteiger partial charge in [0.15, 0.2) is 0 Å². The second-order valence-electron chi connectivity index (χ2n) is 4.41. The molecule has 0 saturated heterocycles. The molecule has 0 bridgehead atoms. The number of nitrogens with one attached hydrogen (secondary N) is 1. The van der Waals surface area contributed by atoms with Crippen LogP contribution in [0, 0.1) is 6.92 Å². The minimum atomic E-state index is -4.52. The highest BCUT2D eigenvalue weighted by Gasteiger charge is 2.33. The van der Waals surface area contributed by atoms with Crippen molar-refractivity contribution in [3.05, 3.63) is 63.6 Å². The highest BCUT2D eigenvalue weighted by atomic mass is 79.9. The van der Waals surface area contributed by atoms with E-state index in [-0.39, 0.29) is 5.69 Å². The largest absolute Gasteiger partial charge is 0.418 e. The van der Waals surface area contributed by atoms with Gasteiger partial charge in [-0.25, -0.2) is 0 Å². The molecule has 2 rings (SSSR count). The van der Waals surface area contributed by atoms with Gasteiger partial charge in [-0.1, -0.05) is 34.1 Å². The fourth-order valence-electron chi connectivity index (χ4n) is 1.88. The van der Waals surface area contributed by atoms with Gasteiger partial charge < -0.3 is 5.32 Å². The summed E-state index contributed by atoms with van der Waals surface area (Å²) in [7, 11) is 0. The fraction of sp³-hybridized carbons (Fsp3) is 0.133. The maximum Gasteiger partial charge on any atom is 0.418 e. The van der Waals surface area contributed by atoms with E-state index in [1.807, 2.05) is 0 Å². The zero-order chi connectivity index (χ0) is 15.6. The highest BCUT2D eigenvalue weighted by Crippen LogP contribution is 2.34. The zero-order valence-electron chi connectivity index (χ0n) is 11.0. The first-order valence-corrected chi connectivity index (χ1v) is 6.82. The van der Waals surface area contributed by atoms with Crippen LogP contribution in [0.5, 0.6) is 0 Å². The molecule has 0 aliphatic carbocycles. The molecule has 2 aromatic rings. The van der Waals surface area contributed by atoms with E-state index in [2.05, 4.69) is 21.2 Å². The number of hydrogen-bond acceptors (Lipinski definition) is 1. The van der Waals surface area contributed by atoms with Gasteiger partial charge in [0, 0.05) is 10.0 Å². The molecule has 0 aliphatic rings. The number of benzene rings is 2. The number of rotatable bonds is 2. The Hall–Kier alpha value is -1.82. The van der Waals surface area contributed by atoms with Crippen LogP contribution in [0.25, 0.3) is 0 Å². The third kappa shape index (κ3) is 3.44. The molecule has 0 atom stereocenters. The Morgan fingerprint density at radius 1 is 1.10 bits per heavy atom. The second kappa shape index (κ2) is 5.89. The van der Waals surface area contributed by atoms with E-state index in [1.54, 1.807) is 25.1 Å². The summed E-state index contributed by atoms with van der Waals surface area (Å²) < 4.78 is 39.4. The predicted molar refractivity (Wildman–Crippen MR) is 78.3 cm³/mol. The first-order valence-electron chi connectivity index (χ1n) is 6.03. The molecule has 0 radical (unpaired) electrons. The lowest BCUT2D eigenvalue weighted by molar-refractivity contribution is -0.136. The van der Waals surface area contributed by atoms with Gasteiger partial charge in [-0.3, -0.25) is 4.79 Å². The Morgan fingerprint density at radius 2 is 1.76 bits per heavy atom. The minimum Gasteiger partial charge on any atom is -0.321 e. The van der Waals surface area contributed by atoms with E-state index in [0.717, 1.165) is 10.5 Å². The highest BCUT2D eigenvalue weighted by molar-refractivity contribution is 9.10. The lowest BCUT2D eigenvalue weighted by Gasteiger charge is -2.14. The van der Waals surface area contributed by atoms with Crippen molar-refractivity contribution in [2.24, 2.45) is 0 Å². The topological polar surface area (TPSA) is 29.1 Å². The first kappa shape index (κ1) is 15.6. The molecule has 1 N–H and O–H groups in total. The minimum absolute atomic E-state index is 0.255. The summed E-state index contributed by atoms with van der Waals surface area (Å²) in [5.41, 5.74) is -0.138. The van der Waals surface area contributed by atoms with Gasteiger partial charge in [0.05, 0.1) is 11.3 Å². The molecule has 110 valence electrons. The molecule has 2 aromatic carbocycles. The Bertz CT molecular complexity index is 683. The Balaban J connectivity index is 2.35. The van der Waals surface area contributed by atoms with Crippen molar-refractivity contribution in [1.29, 1.82) is 0 Å². The Morgan fingerprint density at radius 3 is 2.43 bits per heavy atom. The van der Waals surface area contributed by atoms with Crippen LogP contribution >= 0.6 is 15.9 Å². The molecular weight excluding hydrogens is 347 g/mol. The molecule has 0 heterocycles. The third-order valence-electron chi connectivity index (χ3n) is 2.99. The monoisotopic (exact) mass is 357 g/mol. The molecule has 1 amide bonds. The van der Waals surface area contributed by atoms with Gasteiger partial charge in [0.25, 0.3) is 5.91 Å². The number of anilines is 1. The lowest BCUT2D eigenvalue weighted by Crippen LogP contribution is -2.17. The van der Waals surface area contributed by atoms with Gasteiger partial charge in [-0.05, 0) is 36.8 Å². The summed E-state index contributed by atoms with van der Waals surface area (Å²) in [5, 5.41) is 2.32. The number of amides is 1. The number of halogens is 4. The molecule has 0 unspecified atom stereocenters. The van der Waals surface area contributed by atoms with Crippen molar-refractivity contribution in [2.45, 2.75) is 13.1 Å². The van der Waals surface area contributed by atoms with Gasteiger partial charge >= 0.3 is 6.18 Å². The van der Waals surface area contributed by atoms with Crippen molar-refractivity contribution in [1.82, 2.24) is 0 Å². The fourth-order valence-corrected chi connectivity index (χ4v) is 2.25. The molecule has 0 aliphatic heterocycles. The van der Waals surface area contributed by atoms with Crippen LogP contribution in [0.3, 0.4) is 0 Å². The van der Waals surface area contributed by atoms with E-state index >= 15 is 0 Å². The van der Waals surface area contributed by atoms with Crippen LogP contribution in [0.4, 0.5) is 18.9 Å². The summed E-state index contributed by atoms with van der Waals surface area (Å²) in [4.78, 5) is 12.2. The average molecular weight is 358 g/mol. The SMILES string of the molecule is Cc1c(Br)cccc1C(=O)Nc1ccccc1C(F)(F)F. The standard InChI is InChI=1S/C15H11BrF3NO/c1-9-10(5-4-7-12(9)16)14(21)20-13-8-3-2-6-11(13)15(17,18)19/h2-8H,1H3,(H,20,21). The Labute approximate surface area is 128 Å². The van der Waals surface area contributed by atoms with Gasteiger partial charge in [-0.2, -0.15) is 13.2 Å². The molecular formula is C15H11BrF3NO. The quantitative estimate of drug-likeness (QED) is 0.802. The molecule has 6 heteroatoms. The second-order valence-corrected chi connectivity index (χ2v) is 5.26. The molecule has 0 saturated carbocycles. The third-order valence-corrected chi connectivity index (χ3v) is 3.85. The van der Waals surface area contributed by atoms with Crippen molar-refractivity contribution >= 4 is 27.5 Å². The smallest absolute Gasteiger partial charge is 0.321 e. The maximum absolute atomic E-state index is 12.9. The first-order chi connectivity index (χ1) is 9.80. The number of carbonyl (C=O) groups is 1. The van der Waals surface area contributed by atoms with Crippen molar-refractivity contribution < 1.29 is 18.0 Å². The number of alkyl halides is 3. The predicted octanol–water partition coefficient (Wildman–Crippen LogP) is 5.03. The molecule has 0 aromatic heterocycles. The van der Waals surface area contributed by atoms with Gasteiger partial charge in [-0.15, -0.1) is 0 Å². The Kier molecular flexibility index (Phi) is 4.37. The summed E-state index contributed by atoms with van der Waals surface area (Å²) >= 11 is 3.29. The summed E-state index contributed by atoms with van der Waals surface area (Å²) in [5.74, 6) is -0.578. The maximum atomic E-state index is 12.9. The summed E-state index contributed by atoms with van der Waals surface area (Å²) in [6.45, 7) is 1.72. The van der Waals surface area contributed by atoms with Gasteiger partial charge in [0.2, 0.25) is 0 Å². The van der Waals surface area contributed by atoms with Crippen LogP contribution < -0.4 is 5.32 Å². The summed E-state index contributed by atoms with van der Waals surface area (Å²) in [6.07, 6.45) is -4.52. The van der Waals surface area contributed by atoms with Crippen LogP contribution in [0.1, 0.15) is 21.5 Å². The van der Waals surface area contributed by atoms with Crippen molar-refractivity contribution in [3.8, 4) is 0 Å². The summed E-state index contributed by atoms with van der Waals surface area (Å²) in [6, 6.07) is 9.86. The lowest BCUT2D eigenvalue weighted by atomic mass is 10.1. The zero-order valence-corrected chi connectivity index (χ0v) is 12.5. The molecule has 21 heavy (non-hydrogen) atoms.